The van der Waals surface area contributed by atoms with Crippen molar-refractivity contribution in [2.45, 2.75) is 59.2 Å². The fourth-order valence-electron chi connectivity index (χ4n) is 3.07. The molecule has 2 aliphatic rings. The summed E-state index contributed by atoms with van der Waals surface area (Å²) in [6, 6.07) is 0. The number of rotatable bonds is 1. The fraction of sp³-hybridized carbons (Fsp3) is 0.833. The first kappa shape index (κ1) is 26.6. The average Bonchev–Trinajstić information content (AvgIpc) is 2.65. The fourth-order valence-corrected chi connectivity index (χ4v) is 3.07. The van der Waals surface area contributed by atoms with Crippen LogP contribution in [0.2, 0.25) is 0 Å². The van der Waals surface area contributed by atoms with Gasteiger partial charge in [0.05, 0.1) is 5.57 Å². The van der Waals surface area contributed by atoms with E-state index in [1.54, 1.807) is 0 Å². The van der Waals surface area contributed by atoms with Gasteiger partial charge in [0.2, 0.25) is 0 Å². The highest BCUT2D eigenvalue weighted by molar-refractivity contribution is 5.53. The lowest BCUT2D eigenvalue weighted by Crippen LogP contribution is -2.84. The standard InChI is InChI=1S/C12F20/c13-3(1-2(6(18,19)20)5(16,17)9(25,26)4(1,14)15)7(21,22)10(27,28)12(31,32)11(29,30)8(3,23)24. The Kier molecular flexibility index (Phi) is 4.73. The molecule has 188 valence electrons. The van der Waals surface area contributed by atoms with E-state index in [1.165, 1.54) is 0 Å². The number of hydrogen-bond donors (Lipinski definition) is 0. The molecule has 1 fully saturated rings. The summed E-state index contributed by atoms with van der Waals surface area (Å²) < 4.78 is 268. The largest absolute Gasteiger partial charge is 0.418 e. The zero-order valence-corrected chi connectivity index (χ0v) is 13.6. The average molecular weight is 524 g/mol. The monoisotopic (exact) mass is 524 g/mol. The molecular formula is C12F20. The van der Waals surface area contributed by atoms with E-state index in [4.69, 9.17) is 0 Å². The summed E-state index contributed by atoms with van der Waals surface area (Å²) in [5, 5.41) is 0. The van der Waals surface area contributed by atoms with E-state index in [0.717, 1.165) is 0 Å². The number of halogens is 20. The van der Waals surface area contributed by atoms with Crippen molar-refractivity contribution in [3.05, 3.63) is 11.1 Å². The molecule has 0 aromatic carbocycles. The van der Waals surface area contributed by atoms with Crippen molar-refractivity contribution in [2.24, 2.45) is 0 Å². The van der Waals surface area contributed by atoms with Crippen LogP contribution < -0.4 is 0 Å². The van der Waals surface area contributed by atoms with Gasteiger partial charge in [-0.15, -0.1) is 0 Å². The molecule has 0 aromatic rings. The van der Waals surface area contributed by atoms with Crippen LogP contribution in [0.15, 0.2) is 11.1 Å². The smallest absolute Gasteiger partial charge is 0.225 e. The Hall–Kier alpha value is -1.66. The summed E-state index contributed by atoms with van der Waals surface area (Å²) in [6.07, 6.45) is -7.67. The van der Waals surface area contributed by atoms with Gasteiger partial charge in [0.1, 0.15) is 5.57 Å². The number of allylic oxidation sites excluding steroid dienone is 2. The van der Waals surface area contributed by atoms with Gasteiger partial charge in [0.15, 0.2) is 0 Å². The molecular weight excluding hydrogens is 524 g/mol. The van der Waals surface area contributed by atoms with Crippen LogP contribution in [0, 0.1) is 0 Å². The van der Waals surface area contributed by atoms with E-state index in [2.05, 4.69) is 0 Å². The summed E-state index contributed by atoms with van der Waals surface area (Å²) in [6.45, 7) is 0. The van der Waals surface area contributed by atoms with Gasteiger partial charge in [0.25, 0.3) is 5.67 Å². The highest BCUT2D eigenvalue weighted by atomic mass is 19.4. The quantitative estimate of drug-likeness (QED) is 0.266. The highest BCUT2D eigenvalue weighted by Gasteiger charge is 3.04. The molecule has 0 nitrogen and oxygen atoms in total. The molecule has 0 saturated heterocycles. The second-order valence-corrected chi connectivity index (χ2v) is 6.50. The van der Waals surface area contributed by atoms with Crippen LogP contribution in [0.3, 0.4) is 0 Å². The Balaban J connectivity index is 3.26. The van der Waals surface area contributed by atoms with Gasteiger partial charge in [-0.1, -0.05) is 0 Å². The van der Waals surface area contributed by atoms with Crippen molar-refractivity contribution in [3.63, 3.8) is 0 Å². The maximum atomic E-state index is 14.6. The molecule has 0 amide bonds. The van der Waals surface area contributed by atoms with E-state index < -0.39 is 70.4 Å². The minimum absolute atomic E-state index is 5.36. The van der Waals surface area contributed by atoms with Crippen LogP contribution in [0.1, 0.15) is 0 Å². The Bertz CT molecular complexity index is 822. The van der Waals surface area contributed by atoms with Gasteiger partial charge < -0.3 is 0 Å². The molecule has 32 heavy (non-hydrogen) atoms. The summed E-state index contributed by atoms with van der Waals surface area (Å²) in [5.41, 5.74) is -19.6. The van der Waals surface area contributed by atoms with Crippen LogP contribution in [-0.4, -0.2) is 59.2 Å². The van der Waals surface area contributed by atoms with Crippen LogP contribution >= 0.6 is 0 Å². The molecule has 0 atom stereocenters. The molecule has 0 aromatic heterocycles. The Morgan fingerprint density at radius 3 is 0.938 bits per heavy atom. The molecule has 2 aliphatic carbocycles. The Labute approximate surface area is 159 Å². The number of alkyl halides is 20. The summed E-state index contributed by atoms with van der Waals surface area (Å²) >= 11 is 0. The van der Waals surface area contributed by atoms with Crippen LogP contribution in [0.4, 0.5) is 87.8 Å². The van der Waals surface area contributed by atoms with Crippen molar-refractivity contribution >= 4 is 0 Å². The molecule has 0 aliphatic heterocycles. The van der Waals surface area contributed by atoms with Gasteiger partial charge >= 0.3 is 53.6 Å². The van der Waals surface area contributed by atoms with E-state index in [9.17, 15) is 87.8 Å². The van der Waals surface area contributed by atoms with Crippen LogP contribution in [0.25, 0.3) is 0 Å². The van der Waals surface area contributed by atoms with Gasteiger partial charge in [-0.2, -0.15) is 83.4 Å². The summed E-state index contributed by atoms with van der Waals surface area (Å²) in [4.78, 5) is 0. The maximum Gasteiger partial charge on any atom is 0.418 e. The van der Waals surface area contributed by atoms with E-state index >= 15 is 0 Å². The van der Waals surface area contributed by atoms with Crippen molar-refractivity contribution in [3.8, 4) is 0 Å². The molecule has 0 radical (unpaired) electrons. The lowest BCUT2D eigenvalue weighted by atomic mass is 9.67. The third-order valence-corrected chi connectivity index (χ3v) is 4.74. The van der Waals surface area contributed by atoms with Crippen molar-refractivity contribution in [1.82, 2.24) is 0 Å². The first-order valence-electron chi connectivity index (χ1n) is 7.03. The minimum Gasteiger partial charge on any atom is -0.225 e. The first-order valence-corrected chi connectivity index (χ1v) is 7.03. The molecule has 0 heterocycles. The number of hydrogen-bond acceptors (Lipinski definition) is 0. The Morgan fingerprint density at radius 2 is 0.656 bits per heavy atom. The lowest BCUT2D eigenvalue weighted by Gasteiger charge is -2.53. The maximum absolute atomic E-state index is 14.6. The van der Waals surface area contributed by atoms with Gasteiger partial charge in [0, 0.05) is 0 Å². The SMILES string of the molecule is FC(F)(F)C1=C(C2(F)C(F)(F)C(F)(F)C(F)(F)C(F)(F)C2(F)F)C(F)(F)C(F)(F)C1(F)F. The Morgan fingerprint density at radius 1 is 0.375 bits per heavy atom. The molecule has 1 saturated carbocycles. The van der Waals surface area contributed by atoms with Crippen molar-refractivity contribution in [1.29, 1.82) is 0 Å². The second kappa shape index (κ2) is 5.69. The lowest BCUT2D eigenvalue weighted by molar-refractivity contribution is -0.481. The molecule has 20 heteroatoms. The minimum atomic E-state index is -8.55. The zero-order chi connectivity index (χ0) is 26.2. The molecule has 0 spiro atoms. The van der Waals surface area contributed by atoms with E-state index in [0.29, 0.717) is 0 Å². The summed E-state index contributed by atoms with van der Waals surface area (Å²) in [7, 11) is 0. The predicted octanol–water partition coefficient (Wildman–Crippen LogP) is 6.66. The second-order valence-electron chi connectivity index (χ2n) is 6.50. The molecule has 0 unspecified atom stereocenters. The molecule has 2 rings (SSSR count). The van der Waals surface area contributed by atoms with Gasteiger partial charge in [-0.3, -0.25) is 0 Å². The topological polar surface area (TPSA) is 0 Å². The molecule has 0 N–H and O–H groups in total. The van der Waals surface area contributed by atoms with Crippen molar-refractivity contribution < 1.29 is 87.8 Å². The highest BCUT2D eigenvalue weighted by Crippen LogP contribution is 2.76. The van der Waals surface area contributed by atoms with E-state index in [-0.39, 0.29) is 0 Å². The van der Waals surface area contributed by atoms with Crippen molar-refractivity contribution in [2.75, 3.05) is 0 Å². The van der Waals surface area contributed by atoms with Gasteiger partial charge in [-0.25, -0.2) is 4.39 Å². The van der Waals surface area contributed by atoms with Crippen LogP contribution in [-0.2, 0) is 0 Å². The predicted molar refractivity (Wildman–Crippen MR) is 56.5 cm³/mol. The normalized spacial score (nSPS) is 32.6. The van der Waals surface area contributed by atoms with Gasteiger partial charge in [-0.05, 0) is 0 Å². The molecule has 0 bridgehead atoms. The van der Waals surface area contributed by atoms with E-state index in [1.807, 2.05) is 0 Å². The first-order chi connectivity index (χ1) is 13.5. The third-order valence-electron chi connectivity index (χ3n) is 4.74. The zero-order valence-electron chi connectivity index (χ0n) is 13.6. The summed E-state index contributed by atoms with van der Waals surface area (Å²) in [5.74, 6) is -65.2. The third kappa shape index (κ3) is 2.19. The van der Waals surface area contributed by atoms with Crippen LogP contribution in [0.5, 0.6) is 0 Å².